The second-order valence-corrected chi connectivity index (χ2v) is 5.19. The van der Waals surface area contributed by atoms with Crippen molar-refractivity contribution in [3.63, 3.8) is 0 Å². The first-order valence-corrected chi connectivity index (χ1v) is 7.47. The highest BCUT2D eigenvalue weighted by molar-refractivity contribution is 5.98. The van der Waals surface area contributed by atoms with Crippen LogP contribution < -0.4 is 10.6 Å². The Balaban J connectivity index is 2.80. The molecule has 1 aromatic carbocycles. The van der Waals surface area contributed by atoms with Gasteiger partial charge in [0.05, 0.1) is 12.6 Å². The van der Waals surface area contributed by atoms with Gasteiger partial charge in [-0.2, -0.15) is 0 Å². The fourth-order valence-electron chi connectivity index (χ4n) is 2.17. The number of nitrogens with zero attached hydrogens (tertiary/aromatic N) is 1. The summed E-state index contributed by atoms with van der Waals surface area (Å²) >= 11 is 0. The Hall–Kier alpha value is -2.41. The summed E-state index contributed by atoms with van der Waals surface area (Å²) in [6, 6.07) is 5.98. The molecule has 126 valence electrons. The molecule has 3 N–H and O–H groups in total. The number of benzene rings is 1. The largest absolute Gasteiger partial charge is 0.480 e. The molecule has 1 aromatic rings. The van der Waals surface area contributed by atoms with Crippen LogP contribution in [-0.4, -0.2) is 54.0 Å². The summed E-state index contributed by atoms with van der Waals surface area (Å²) in [5, 5.41) is 14.2. The van der Waals surface area contributed by atoms with Gasteiger partial charge in [-0.05, 0) is 38.1 Å². The van der Waals surface area contributed by atoms with Crippen LogP contribution >= 0.6 is 0 Å². The molecule has 1 rings (SSSR count). The van der Waals surface area contributed by atoms with Crippen molar-refractivity contribution in [3.8, 4) is 0 Å². The number of carboxylic acids is 1. The number of anilines is 1. The molecule has 0 fully saturated rings. The Kier molecular flexibility index (Phi) is 7.21. The highest BCUT2D eigenvalue weighted by atomic mass is 16.4. The fraction of sp³-hybridized carbons (Fsp3) is 0.438. The van der Waals surface area contributed by atoms with Gasteiger partial charge in [0.25, 0.3) is 5.91 Å². The topological polar surface area (TPSA) is 98.7 Å². The van der Waals surface area contributed by atoms with Gasteiger partial charge in [0.1, 0.15) is 0 Å². The summed E-state index contributed by atoms with van der Waals surface area (Å²) < 4.78 is 0. The molecule has 0 spiro atoms. The number of hydrogen-bond acceptors (Lipinski definition) is 4. The third kappa shape index (κ3) is 5.71. The number of amides is 2. The normalized spacial score (nSPS) is 11.8. The lowest BCUT2D eigenvalue weighted by atomic mass is 10.1. The molecule has 0 heterocycles. The van der Waals surface area contributed by atoms with E-state index in [1.54, 1.807) is 36.1 Å². The first kappa shape index (κ1) is 18.6. The smallest absolute Gasteiger partial charge is 0.317 e. The number of carbonyl (C=O) groups is 3. The summed E-state index contributed by atoms with van der Waals surface area (Å²) in [7, 11) is 1.53. The summed E-state index contributed by atoms with van der Waals surface area (Å²) in [6.07, 6.45) is 0.747. The Morgan fingerprint density at radius 2 is 2.00 bits per heavy atom. The minimum absolute atomic E-state index is 0.194. The molecule has 0 aliphatic heterocycles. The van der Waals surface area contributed by atoms with Crippen molar-refractivity contribution < 1.29 is 19.5 Å². The van der Waals surface area contributed by atoms with Crippen LogP contribution in [0.2, 0.25) is 0 Å². The molecular weight excluding hydrogens is 298 g/mol. The number of aliphatic carboxylic acids is 1. The van der Waals surface area contributed by atoms with E-state index < -0.39 is 12.0 Å². The second-order valence-electron chi connectivity index (χ2n) is 5.19. The average Bonchev–Trinajstić information content (AvgIpc) is 2.52. The molecule has 23 heavy (non-hydrogen) atoms. The monoisotopic (exact) mass is 321 g/mol. The zero-order chi connectivity index (χ0) is 17.4. The standard InChI is InChI=1S/C16H23N3O4/c1-4-8-19(10-14(20)21)11(2)15(22)18-13-7-5-6-12(9-13)16(23)17-3/h5-7,9,11H,4,8,10H2,1-3H3,(H,17,23)(H,18,22)(H,20,21). The maximum absolute atomic E-state index is 12.3. The quantitative estimate of drug-likeness (QED) is 0.667. The van der Waals surface area contributed by atoms with Gasteiger partial charge in [0, 0.05) is 18.3 Å². The molecule has 1 unspecified atom stereocenters. The van der Waals surface area contributed by atoms with Crippen LogP contribution in [0.15, 0.2) is 24.3 Å². The minimum atomic E-state index is -0.972. The second kappa shape index (κ2) is 8.89. The summed E-state index contributed by atoms with van der Waals surface area (Å²) in [5.74, 6) is -1.53. The van der Waals surface area contributed by atoms with E-state index in [9.17, 15) is 14.4 Å². The molecule has 0 radical (unpaired) electrons. The maximum atomic E-state index is 12.3. The lowest BCUT2D eigenvalue weighted by Gasteiger charge is -2.26. The maximum Gasteiger partial charge on any atom is 0.317 e. The first-order valence-electron chi connectivity index (χ1n) is 7.47. The van der Waals surface area contributed by atoms with E-state index in [0.29, 0.717) is 17.8 Å². The van der Waals surface area contributed by atoms with Crippen molar-refractivity contribution in [3.05, 3.63) is 29.8 Å². The van der Waals surface area contributed by atoms with Crippen LogP contribution in [0.3, 0.4) is 0 Å². The van der Waals surface area contributed by atoms with Crippen LogP contribution in [0.4, 0.5) is 5.69 Å². The van der Waals surface area contributed by atoms with Gasteiger partial charge in [-0.15, -0.1) is 0 Å². The molecule has 0 bridgehead atoms. The van der Waals surface area contributed by atoms with E-state index in [-0.39, 0.29) is 18.4 Å². The minimum Gasteiger partial charge on any atom is -0.480 e. The Labute approximate surface area is 135 Å². The summed E-state index contributed by atoms with van der Waals surface area (Å²) in [5.41, 5.74) is 0.934. The summed E-state index contributed by atoms with van der Waals surface area (Å²) in [6.45, 7) is 3.91. The highest BCUT2D eigenvalue weighted by Crippen LogP contribution is 2.12. The number of carboxylic acid groups (broad SMARTS) is 1. The van der Waals surface area contributed by atoms with E-state index >= 15 is 0 Å². The molecule has 0 aromatic heterocycles. The molecule has 0 saturated heterocycles. The van der Waals surface area contributed by atoms with Gasteiger partial charge in [-0.25, -0.2) is 0 Å². The SMILES string of the molecule is CCCN(CC(=O)O)C(C)C(=O)Nc1cccc(C(=O)NC)c1. The van der Waals surface area contributed by atoms with Gasteiger partial charge in [0.2, 0.25) is 5.91 Å². The van der Waals surface area contributed by atoms with Gasteiger partial charge < -0.3 is 15.7 Å². The molecule has 7 nitrogen and oxygen atoms in total. The number of nitrogens with one attached hydrogen (secondary N) is 2. The predicted octanol–water partition coefficient (Wildman–Crippen LogP) is 1.17. The summed E-state index contributed by atoms with van der Waals surface area (Å²) in [4.78, 5) is 36.4. The predicted molar refractivity (Wildman–Crippen MR) is 87.4 cm³/mol. The van der Waals surface area contributed by atoms with Crippen LogP contribution in [-0.2, 0) is 9.59 Å². The van der Waals surface area contributed by atoms with Crippen LogP contribution in [0.1, 0.15) is 30.6 Å². The van der Waals surface area contributed by atoms with Crippen molar-refractivity contribution >= 4 is 23.5 Å². The van der Waals surface area contributed by atoms with E-state index in [2.05, 4.69) is 10.6 Å². The van der Waals surface area contributed by atoms with Gasteiger partial charge in [0.15, 0.2) is 0 Å². The van der Waals surface area contributed by atoms with Crippen molar-refractivity contribution in [2.75, 3.05) is 25.5 Å². The fourth-order valence-corrected chi connectivity index (χ4v) is 2.17. The molecule has 0 aliphatic rings. The van der Waals surface area contributed by atoms with E-state index in [0.717, 1.165) is 6.42 Å². The van der Waals surface area contributed by atoms with Crippen LogP contribution in [0, 0.1) is 0 Å². The molecular formula is C16H23N3O4. The highest BCUT2D eigenvalue weighted by Gasteiger charge is 2.22. The van der Waals surface area contributed by atoms with E-state index in [1.165, 1.54) is 7.05 Å². The Morgan fingerprint density at radius 3 is 2.57 bits per heavy atom. The Bertz CT molecular complexity index is 574. The third-order valence-corrected chi connectivity index (χ3v) is 3.40. The Morgan fingerprint density at radius 1 is 1.30 bits per heavy atom. The first-order chi connectivity index (χ1) is 10.9. The average molecular weight is 321 g/mol. The van der Waals surface area contributed by atoms with Crippen molar-refractivity contribution in [1.82, 2.24) is 10.2 Å². The zero-order valence-corrected chi connectivity index (χ0v) is 13.6. The van der Waals surface area contributed by atoms with Crippen molar-refractivity contribution in [2.24, 2.45) is 0 Å². The number of hydrogen-bond donors (Lipinski definition) is 3. The van der Waals surface area contributed by atoms with Crippen LogP contribution in [0.25, 0.3) is 0 Å². The van der Waals surface area contributed by atoms with Crippen molar-refractivity contribution in [1.29, 1.82) is 0 Å². The molecule has 0 aliphatic carbocycles. The third-order valence-electron chi connectivity index (χ3n) is 3.40. The molecule has 2 amide bonds. The zero-order valence-electron chi connectivity index (χ0n) is 13.6. The molecule has 7 heteroatoms. The van der Waals surface area contributed by atoms with Crippen LogP contribution in [0.5, 0.6) is 0 Å². The molecule has 1 atom stereocenters. The van der Waals surface area contributed by atoms with Gasteiger partial charge in [-0.1, -0.05) is 13.0 Å². The lowest BCUT2D eigenvalue weighted by molar-refractivity contribution is -0.139. The van der Waals surface area contributed by atoms with Gasteiger partial charge in [-0.3, -0.25) is 19.3 Å². The molecule has 0 saturated carbocycles. The van der Waals surface area contributed by atoms with E-state index in [1.807, 2.05) is 6.92 Å². The number of carbonyl (C=O) groups excluding carboxylic acids is 2. The van der Waals surface area contributed by atoms with E-state index in [4.69, 9.17) is 5.11 Å². The lowest BCUT2D eigenvalue weighted by Crippen LogP contribution is -2.44. The number of rotatable bonds is 8. The van der Waals surface area contributed by atoms with Crippen molar-refractivity contribution in [2.45, 2.75) is 26.3 Å². The van der Waals surface area contributed by atoms with Gasteiger partial charge >= 0.3 is 5.97 Å².